The quantitative estimate of drug-likeness (QED) is 0.810. The van der Waals surface area contributed by atoms with Crippen molar-refractivity contribution in [3.8, 4) is 0 Å². The zero-order chi connectivity index (χ0) is 13.8. The first-order valence-corrected chi connectivity index (χ1v) is 6.45. The number of ether oxygens (including phenoxy) is 1. The molecule has 1 fully saturated rings. The van der Waals surface area contributed by atoms with Gasteiger partial charge in [-0.05, 0) is 11.8 Å². The molecule has 1 unspecified atom stereocenters. The number of carboxylic acids is 1. The van der Waals surface area contributed by atoms with Crippen LogP contribution in [0.4, 0.5) is 0 Å². The van der Waals surface area contributed by atoms with Crippen molar-refractivity contribution in [2.24, 2.45) is 5.41 Å². The standard InChI is InChI=1S/C13H23NO4/c1-4-10-9-18-6-5-14(10)11(15)7-13(2,3)8-12(16)17/h10H,4-9H2,1-3H3,(H,16,17). The predicted molar refractivity (Wildman–Crippen MR) is 67.3 cm³/mol. The molecular weight excluding hydrogens is 234 g/mol. The summed E-state index contributed by atoms with van der Waals surface area (Å²) in [6, 6.07) is 0.131. The largest absolute Gasteiger partial charge is 0.481 e. The van der Waals surface area contributed by atoms with Crippen molar-refractivity contribution in [2.45, 2.75) is 46.1 Å². The number of aliphatic carboxylic acids is 1. The van der Waals surface area contributed by atoms with E-state index in [2.05, 4.69) is 0 Å². The van der Waals surface area contributed by atoms with Crippen molar-refractivity contribution in [1.29, 1.82) is 0 Å². The van der Waals surface area contributed by atoms with Gasteiger partial charge in [-0.15, -0.1) is 0 Å². The summed E-state index contributed by atoms with van der Waals surface area (Å²) in [6.07, 6.45) is 1.15. The van der Waals surface area contributed by atoms with E-state index in [1.54, 1.807) is 0 Å². The van der Waals surface area contributed by atoms with Gasteiger partial charge >= 0.3 is 5.97 Å². The molecule has 1 aliphatic rings. The number of morpholine rings is 1. The summed E-state index contributed by atoms with van der Waals surface area (Å²) < 4.78 is 5.36. The summed E-state index contributed by atoms with van der Waals surface area (Å²) >= 11 is 0. The normalized spacial score (nSPS) is 20.8. The summed E-state index contributed by atoms with van der Waals surface area (Å²) in [7, 11) is 0. The van der Waals surface area contributed by atoms with Crippen LogP contribution >= 0.6 is 0 Å². The van der Waals surface area contributed by atoms with Gasteiger partial charge in [-0.1, -0.05) is 20.8 Å². The Hall–Kier alpha value is -1.10. The first kappa shape index (κ1) is 15.0. The van der Waals surface area contributed by atoms with E-state index in [0.717, 1.165) is 6.42 Å². The molecule has 1 N–H and O–H groups in total. The summed E-state index contributed by atoms with van der Waals surface area (Å²) in [5.74, 6) is -0.821. The zero-order valence-corrected chi connectivity index (χ0v) is 11.4. The number of carboxylic acid groups (broad SMARTS) is 1. The van der Waals surface area contributed by atoms with E-state index in [1.807, 2.05) is 25.7 Å². The second kappa shape index (κ2) is 6.18. The highest BCUT2D eigenvalue weighted by atomic mass is 16.5. The highest BCUT2D eigenvalue weighted by Crippen LogP contribution is 2.27. The lowest BCUT2D eigenvalue weighted by Crippen LogP contribution is -2.49. The Morgan fingerprint density at radius 3 is 2.61 bits per heavy atom. The van der Waals surface area contributed by atoms with Crippen molar-refractivity contribution < 1.29 is 19.4 Å². The van der Waals surface area contributed by atoms with Crippen LogP contribution < -0.4 is 0 Å². The van der Waals surface area contributed by atoms with E-state index in [1.165, 1.54) is 0 Å². The fourth-order valence-corrected chi connectivity index (χ4v) is 2.30. The average Bonchev–Trinajstić information content (AvgIpc) is 2.26. The fraction of sp³-hybridized carbons (Fsp3) is 0.846. The van der Waals surface area contributed by atoms with Crippen LogP contribution in [0.1, 0.15) is 40.0 Å². The molecule has 1 heterocycles. The van der Waals surface area contributed by atoms with Crippen molar-refractivity contribution in [3.05, 3.63) is 0 Å². The second-order valence-electron chi connectivity index (χ2n) is 5.64. The van der Waals surface area contributed by atoms with E-state index in [-0.39, 0.29) is 24.8 Å². The van der Waals surface area contributed by atoms with Gasteiger partial charge in [0.25, 0.3) is 0 Å². The van der Waals surface area contributed by atoms with Gasteiger partial charge in [0.15, 0.2) is 0 Å². The summed E-state index contributed by atoms with van der Waals surface area (Å²) in [4.78, 5) is 24.8. The minimum Gasteiger partial charge on any atom is -0.481 e. The van der Waals surface area contributed by atoms with Crippen LogP contribution in [0.5, 0.6) is 0 Å². The zero-order valence-electron chi connectivity index (χ0n) is 11.4. The molecule has 0 saturated carbocycles. The maximum atomic E-state index is 12.2. The second-order valence-corrected chi connectivity index (χ2v) is 5.64. The van der Waals surface area contributed by atoms with Crippen LogP contribution in [0.3, 0.4) is 0 Å². The number of nitrogens with zero attached hydrogens (tertiary/aromatic N) is 1. The Labute approximate surface area is 108 Å². The monoisotopic (exact) mass is 257 g/mol. The number of carbonyl (C=O) groups excluding carboxylic acids is 1. The lowest BCUT2D eigenvalue weighted by molar-refractivity contribution is -0.144. The molecule has 0 radical (unpaired) electrons. The molecule has 1 rings (SSSR count). The Bertz CT molecular complexity index is 314. The molecule has 5 nitrogen and oxygen atoms in total. The number of carbonyl (C=O) groups is 2. The van der Waals surface area contributed by atoms with E-state index < -0.39 is 11.4 Å². The minimum atomic E-state index is -0.859. The van der Waals surface area contributed by atoms with E-state index in [9.17, 15) is 9.59 Å². The van der Waals surface area contributed by atoms with Gasteiger partial charge in [0.1, 0.15) is 0 Å². The molecule has 0 aromatic rings. The molecule has 0 aliphatic carbocycles. The predicted octanol–water partition coefficient (Wildman–Crippen LogP) is 1.51. The van der Waals surface area contributed by atoms with Crippen LogP contribution in [-0.4, -0.2) is 47.7 Å². The van der Waals surface area contributed by atoms with Crippen molar-refractivity contribution in [3.63, 3.8) is 0 Å². The number of amides is 1. The topological polar surface area (TPSA) is 66.8 Å². The van der Waals surface area contributed by atoms with Gasteiger partial charge in [0, 0.05) is 13.0 Å². The van der Waals surface area contributed by atoms with Gasteiger partial charge in [0.05, 0.1) is 25.7 Å². The number of rotatable bonds is 5. The number of hydrogen-bond acceptors (Lipinski definition) is 3. The summed E-state index contributed by atoms with van der Waals surface area (Å²) in [5.41, 5.74) is -0.500. The molecule has 0 spiro atoms. The van der Waals surface area contributed by atoms with Crippen molar-refractivity contribution in [2.75, 3.05) is 19.8 Å². The van der Waals surface area contributed by atoms with Crippen molar-refractivity contribution in [1.82, 2.24) is 4.90 Å². The third-order valence-corrected chi connectivity index (χ3v) is 3.28. The minimum absolute atomic E-state index is 0.0138. The van der Waals surface area contributed by atoms with Gasteiger partial charge in [-0.2, -0.15) is 0 Å². The van der Waals surface area contributed by atoms with Crippen LogP contribution in [0.25, 0.3) is 0 Å². The summed E-state index contributed by atoms with van der Waals surface area (Å²) in [6.45, 7) is 7.44. The number of hydrogen-bond donors (Lipinski definition) is 1. The highest BCUT2D eigenvalue weighted by Gasteiger charge is 2.31. The SMILES string of the molecule is CCC1COCCN1C(=O)CC(C)(C)CC(=O)O. The Balaban J connectivity index is 2.60. The molecule has 0 bridgehead atoms. The first-order valence-electron chi connectivity index (χ1n) is 6.45. The van der Waals surface area contributed by atoms with Crippen LogP contribution in [-0.2, 0) is 14.3 Å². The molecule has 0 aromatic heterocycles. The van der Waals surface area contributed by atoms with E-state index >= 15 is 0 Å². The molecule has 18 heavy (non-hydrogen) atoms. The first-order chi connectivity index (χ1) is 8.35. The Morgan fingerprint density at radius 1 is 1.39 bits per heavy atom. The smallest absolute Gasteiger partial charge is 0.303 e. The van der Waals surface area contributed by atoms with Gasteiger partial charge in [0.2, 0.25) is 5.91 Å². The lowest BCUT2D eigenvalue weighted by Gasteiger charge is -2.37. The maximum absolute atomic E-state index is 12.2. The average molecular weight is 257 g/mol. The summed E-state index contributed by atoms with van der Waals surface area (Å²) in [5, 5.41) is 8.83. The molecule has 0 aromatic carbocycles. The molecule has 1 aliphatic heterocycles. The third-order valence-electron chi connectivity index (χ3n) is 3.28. The molecule has 1 atom stereocenters. The molecule has 1 saturated heterocycles. The lowest BCUT2D eigenvalue weighted by atomic mass is 9.85. The molecule has 1 amide bonds. The fourth-order valence-electron chi connectivity index (χ4n) is 2.30. The van der Waals surface area contributed by atoms with Gasteiger partial charge in [-0.25, -0.2) is 0 Å². The van der Waals surface area contributed by atoms with Crippen molar-refractivity contribution >= 4 is 11.9 Å². The van der Waals surface area contributed by atoms with Gasteiger partial charge in [-0.3, -0.25) is 9.59 Å². The molecular formula is C13H23NO4. The van der Waals surface area contributed by atoms with Crippen LogP contribution in [0.15, 0.2) is 0 Å². The molecule has 5 heteroatoms. The third kappa shape index (κ3) is 4.29. The van der Waals surface area contributed by atoms with Gasteiger partial charge < -0.3 is 14.7 Å². The Kier molecular flexibility index (Phi) is 5.14. The highest BCUT2D eigenvalue weighted by molar-refractivity contribution is 5.78. The van der Waals surface area contributed by atoms with E-state index in [0.29, 0.717) is 19.8 Å². The van der Waals surface area contributed by atoms with Crippen LogP contribution in [0, 0.1) is 5.41 Å². The maximum Gasteiger partial charge on any atom is 0.303 e. The van der Waals surface area contributed by atoms with Crippen LogP contribution in [0.2, 0.25) is 0 Å². The van der Waals surface area contributed by atoms with E-state index in [4.69, 9.17) is 9.84 Å². The molecule has 104 valence electrons. The Morgan fingerprint density at radius 2 is 2.06 bits per heavy atom.